The summed E-state index contributed by atoms with van der Waals surface area (Å²) in [6.07, 6.45) is -2.52. The third-order valence-electron chi connectivity index (χ3n) is 15.3. The Bertz CT molecular complexity index is 3460. The Labute approximate surface area is 543 Å². The molecule has 0 aliphatic carbocycles. The van der Waals surface area contributed by atoms with Crippen LogP contribution in [0.15, 0.2) is 199 Å². The number of rotatable bonds is 36. The number of aliphatic imine (C=N–C) groups is 1. The molecule has 0 bridgehead atoms. The number of hydrogen-bond donors (Lipinski definition) is 5. The first-order valence-electron chi connectivity index (χ1n) is 31.2. The molecule has 7 rings (SSSR count). The van der Waals surface area contributed by atoms with Gasteiger partial charge in [0.25, 0.3) is 0 Å². The summed E-state index contributed by atoms with van der Waals surface area (Å²) in [4.78, 5) is 115. The molecular weight excluding hydrogens is 1180 g/mol. The average molecular weight is 1260 g/mol. The smallest absolute Gasteiger partial charge is 0.412 e. The second-order valence-corrected chi connectivity index (χ2v) is 22.6. The van der Waals surface area contributed by atoms with Crippen LogP contribution in [0.25, 0.3) is 0 Å². The van der Waals surface area contributed by atoms with Gasteiger partial charge in [0.05, 0.1) is 12.1 Å². The molecule has 0 aliphatic rings. The van der Waals surface area contributed by atoms with E-state index in [9.17, 15) is 28.8 Å². The molecule has 0 spiro atoms. The fourth-order valence-corrected chi connectivity index (χ4v) is 10.3. The minimum Gasteiger partial charge on any atom is -0.489 e. The van der Waals surface area contributed by atoms with Gasteiger partial charge in [0.15, 0.2) is 11.6 Å². The minimum atomic E-state index is -1.27. The molecule has 4 atom stereocenters. The molecule has 6 N–H and O–H groups in total. The van der Waals surface area contributed by atoms with Gasteiger partial charge in [-0.15, -0.1) is 0 Å². The molecule has 486 valence electrons. The highest BCUT2D eigenvalue weighted by molar-refractivity contribution is 6.04. The van der Waals surface area contributed by atoms with Crippen molar-refractivity contribution in [3.05, 3.63) is 244 Å². The second kappa shape index (κ2) is 38.3. The summed E-state index contributed by atoms with van der Waals surface area (Å²) in [7, 11) is 0. The predicted octanol–water partition coefficient (Wildman–Crippen LogP) is 11.4. The Morgan fingerprint density at radius 2 is 0.892 bits per heavy atom. The molecule has 0 radical (unpaired) electrons. The lowest BCUT2D eigenvalue weighted by Crippen LogP contribution is -2.47. The monoisotopic (exact) mass is 1260 g/mol. The molecule has 1 unspecified atom stereocenters. The number of nitrogens with two attached hydrogens (primary N) is 1. The molecule has 0 aromatic heterocycles. The van der Waals surface area contributed by atoms with Crippen molar-refractivity contribution >= 4 is 53.5 Å². The van der Waals surface area contributed by atoms with Gasteiger partial charge < -0.3 is 45.4 Å². The topological polar surface area (TPSA) is 269 Å². The number of hydrogen-bond acceptors (Lipinski definition) is 14. The molecule has 19 nitrogen and oxygen atoms in total. The first kappa shape index (κ1) is 70.0. The molecule has 0 fully saturated rings. The van der Waals surface area contributed by atoms with E-state index in [0.717, 1.165) is 44.5 Å². The maximum atomic E-state index is 15.3. The molecule has 19 heteroatoms. The Kier molecular flexibility index (Phi) is 28.8. The van der Waals surface area contributed by atoms with Crippen LogP contribution in [0.4, 0.5) is 14.4 Å². The number of amides is 5. The zero-order valence-electron chi connectivity index (χ0n) is 52.6. The van der Waals surface area contributed by atoms with Gasteiger partial charge in [-0.2, -0.15) is 0 Å². The van der Waals surface area contributed by atoms with Gasteiger partial charge in [-0.3, -0.25) is 34.3 Å². The number of esters is 1. The quantitative estimate of drug-likeness (QED) is 0.00805. The van der Waals surface area contributed by atoms with Gasteiger partial charge in [0.1, 0.15) is 51.0 Å². The highest BCUT2D eigenvalue weighted by atomic mass is 16.6. The van der Waals surface area contributed by atoms with E-state index in [0.29, 0.717) is 30.8 Å². The van der Waals surface area contributed by atoms with Crippen LogP contribution in [0.1, 0.15) is 101 Å². The number of nitrogens with one attached hydrogen (secondary N) is 4. The van der Waals surface area contributed by atoms with Crippen LogP contribution < -0.4 is 31.7 Å². The van der Waals surface area contributed by atoms with E-state index in [1.807, 2.05) is 147 Å². The normalized spacial score (nSPS) is 12.3. The largest absolute Gasteiger partial charge is 0.489 e. The van der Waals surface area contributed by atoms with Gasteiger partial charge in [-0.1, -0.05) is 182 Å². The van der Waals surface area contributed by atoms with E-state index in [4.69, 9.17) is 29.4 Å². The average Bonchev–Trinajstić information content (AvgIpc) is 0.946. The zero-order chi connectivity index (χ0) is 66.0. The van der Waals surface area contributed by atoms with Crippen LogP contribution in [0.5, 0.6) is 5.75 Å². The number of aryl methyl sites for hydroxylation is 2. The summed E-state index contributed by atoms with van der Waals surface area (Å²) in [5, 5.41) is 11.0. The van der Waals surface area contributed by atoms with E-state index in [2.05, 4.69) is 26.3 Å². The fraction of sp³-hybridized carbons (Fsp3) is 0.311. The van der Waals surface area contributed by atoms with Crippen LogP contribution in [0, 0.1) is 25.7 Å². The first-order valence-corrected chi connectivity index (χ1v) is 31.2. The molecule has 0 saturated heterocycles. The van der Waals surface area contributed by atoms with Crippen molar-refractivity contribution in [3.63, 3.8) is 0 Å². The Balaban J connectivity index is 1.14. The van der Waals surface area contributed by atoms with Crippen molar-refractivity contribution in [2.45, 2.75) is 123 Å². The maximum absolute atomic E-state index is 15.3. The van der Waals surface area contributed by atoms with Crippen LogP contribution in [0.3, 0.4) is 0 Å². The van der Waals surface area contributed by atoms with Crippen molar-refractivity contribution in [3.8, 4) is 5.75 Å². The number of amidine groups is 1. The van der Waals surface area contributed by atoms with Crippen molar-refractivity contribution < 1.29 is 62.0 Å². The van der Waals surface area contributed by atoms with Crippen LogP contribution >= 0.6 is 0 Å². The number of carbonyl (C=O) groups is 8. The summed E-state index contributed by atoms with van der Waals surface area (Å²) in [5.41, 5.74) is 13.0. The lowest BCUT2D eigenvalue weighted by atomic mass is 9.86. The zero-order valence-corrected chi connectivity index (χ0v) is 52.6. The number of primary amides is 1. The fourth-order valence-electron chi connectivity index (χ4n) is 10.3. The van der Waals surface area contributed by atoms with Crippen molar-refractivity contribution in [1.82, 2.24) is 21.3 Å². The van der Waals surface area contributed by atoms with E-state index in [-0.39, 0.29) is 83.9 Å². The Morgan fingerprint density at radius 3 is 1.40 bits per heavy atom. The number of nitrogens with zero attached hydrogens (tertiary/aromatic N) is 1. The van der Waals surface area contributed by atoms with E-state index >= 15 is 9.59 Å². The van der Waals surface area contributed by atoms with E-state index in [1.54, 1.807) is 60.7 Å². The van der Waals surface area contributed by atoms with Gasteiger partial charge in [-0.25, -0.2) is 14.4 Å². The molecule has 93 heavy (non-hydrogen) atoms. The SMILES string of the molecule is Cc1cc(OCc2ccccc2)cc(C)c1CC(CC(=O)[C@@H](CCCN=C(CC(=O)OCc1ccccc1)NC(=O)OCc1ccccc1)NC(=O)OCc1ccccc1)C(=O)N[C@@H](CCCCNC(=O)OCc1ccccc1)C(=O)C[C@@H](Cc1ccccc1)C(N)=O. The molecule has 0 heterocycles. The number of ketones is 2. The standard InChI is InChI=1S/C74H82N6O13/c1-52-40-62(89-47-55-26-11-4-12-27-55)41-53(2)63(52)43-61(71(85)78-64(66(81)44-60(70(75)84)42-54-24-9-3-10-25-54)36-21-22-38-77-72(86)91-49-57-30-15-6-16-31-57)45-67(82)65(79-73(87)92-50-58-32-17-7-18-33-58)37-23-39-76-68(46-69(83)90-48-56-28-13-5-14-29-56)80-74(88)93-51-59-34-19-8-20-35-59/h3-20,24-35,40-41,60-61,64-65H,21-23,36-39,42-51H2,1-2H3,(H2,75,84)(H,77,86)(H,78,85)(H,79,87)(H,76,80,88)/t60-,61?,64+,65-/m1/s1. The van der Waals surface area contributed by atoms with Crippen LogP contribution in [-0.4, -0.2) is 78.6 Å². The number of unbranched alkanes of at least 4 members (excludes halogenated alkanes) is 1. The molecule has 0 saturated carbocycles. The van der Waals surface area contributed by atoms with E-state index in [1.165, 1.54) is 0 Å². The highest BCUT2D eigenvalue weighted by Crippen LogP contribution is 2.28. The summed E-state index contributed by atoms with van der Waals surface area (Å²) >= 11 is 0. The van der Waals surface area contributed by atoms with Crippen molar-refractivity contribution in [1.29, 1.82) is 0 Å². The minimum absolute atomic E-state index is 0.00723. The number of benzene rings is 7. The predicted molar refractivity (Wildman–Crippen MR) is 352 cm³/mol. The van der Waals surface area contributed by atoms with Gasteiger partial charge in [0.2, 0.25) is 11.8 Å². The molecule has 7 aromatic carbocycles. The lowest BCUT2D eigenvalue weighted by Gasteiger charge is -2.26. The van der Waals surface area contributed by atoms with Crippen LogP contribution in [-0.2, 0) is 88.8 Å². The Morgan fingerprint density at radius 1 is 0.462 bits per heavy atom. The van der Waals surface area contributed by atoms with E-state index < -0.39 is 84.4 Å². The number of Topliss-reactive ketones (excluding diaryl/α,β-unsaturated/α-hetero) is 2. The van der Waals surface area contributed by atoms with Crippen LogP contribution in [0.2, 0.25) is 0 Å². The summed E-state index contributed by atoms with van der Waals surface area (Å²) in [6.45, 7) is 4.06. The summed E-state index contributed by atoms with van der Waals surface area (Å²) in [6, 6.07) is 56.4. The Hall–Kier alpha value is -10.4. The van der Waals surface area contributed by atoms with Crippen molar-refractivity contribution in [2.75, 3.05) is 13.1 Å². The van der Waals surface area contributed by atoms with Gasteiger partial charge >= 0.3 is 24.2 Å². The maximum Gasteiger partial charge on any atom is 0.412 e. The molecular formula is C74H82N6O13. The number of ether oxygens (including phenoxy) is 5. The number of carbonyl (C=O) groups excluding carboxylic acids is 8. The molecule has 5 amide bonds. The van der Waals surface area contributed by atoms with Gasteiger partial charge in [0, 0.05) is 37.8 Å². The third-order valence-corrected chi connectivity index (χ3v) is 15.3. The summed E-state index contributed by atoms with van der Waals surface area (Å²) < 4.78 is 28.2. The molecule has 7 aromatic rings. The third kappa shape index (κ3) is 25.8. The van der Waals surface area contributed by atoms with Gasteiger partial charge in [-0.05, 0) is 121 Å². The highest BCUT2D eigenvalue weighted by Gasteiger charge is 2.33. The second-order valence-electron chi connectivity index (χ2n) is 22.6. The van der Waals surface area contributed by atoms with Crippen molar-refractivity contribution in [2.24, 2.45) is 22.6 Å². The molecule has 0 aliphatic heterocycles. The number of alkyl carbamates (subject to hydrolysis) is 3. The summed E-state index contributed by atoms with van der Waals surface area (Å²) in [5.74, 6) is -4.57. The lowest BCUT2D eigenvalue weighted by molar-refractivity contribution is -0.143. The first-order chi connectivity index (χ1) is 45.1.